The molecule has 0 saturated heterocycles. The van der Waals surface area contributed by atoms with Gasteiger partial charge in [-0.15, -0.1) is 0 Å². The molecular weight excluding hydrogens is 418 g/mol. The number of hydrogen-bond acceptors (Lipinski definition) is 7. The Hall–Kier alpha value is 1.54. The van der Waals surface area contributed by atoms with Crippen LogP contribution in [0.3, 0.4) is 0 Å². The maximum Gasteiger partial charge on any atom is 1.00 e. The molecule has 0 saturated carbocycles. The first kappa shape index (κ1) is 30.3. The van der Waals surface area contributed by atoms with Crippen LogP contribution in [0.4, 0.5) is 0 Å². The van der Waals surface area contributed by atoms with E-state index in [4.69, 9.17) is 15.6 Å². The molecule has 0 aromatic carbocycles. The van der Waals surface area contributed by atoms with Crippen LogP contribution in [0.2, 0.25) is 0 Å². The molecule has 10 nitrogen and oxygen atoms in total. The van der Waals surface area contributed by atoms with Crippen LogP contribution in [0.1, 0.15) is 12.8 Å². The number of nitrogens with zero attached hydrogens (tertiary/aromatic N) is 6. The van der Waals surface area contributed by atoms with Crippen LogP contribution in [0.5, 0.6) is 0 Å². The topological polar surface area (TPSA) is 175 Å². The van der Waals surface area contributed by atoms with E-state index in [-0.39, 0.29) is 77.0 Å². The molecule has 4 atom stereocenters. The van der Waals surface area contributed by atoms with Gasteiger partial charge in [-0.3, -0.25) is 4.21 Å². The maximum atomic E-state index is 10.6. The van der Waals surface area contributed by atoms with Crippen LogP contribution >= 0.6 is 21.6 Å². The minimum Gasteiger partial charge on any atom is -0.772 e. The van der Waals surface area contributed by atoms with Gasteiger partial charge in [-0.05, 0) is 23.9 Å². The summed E-state index contributed by atoms with van der Waals surface area (Å²) in [5, 5.41) is 7.07. The third kappa shape index (κ3) is 19.9. The van der Waals surface area contributed by atoms with Crippen molar-refractivity contribution in [2.24, 2.45) is 10.2 Å². The largest absolute Gasteiger partial charge is 1.00 e. The molecule has 0 rings (SSSR count). The molecule has 24 heavy (non-hydrogen) atoms. The summed E-state index contributed by atoms with van der Waals surface area (Å²) in [6, 6.07) is -0.825. The Morgan fingerprint density at radius 3 is 1.75 bits per heavy atom. The van der Waals surface area contributed by atoms with E-state index >= 15 is 0 Å². The summed E-state index contributed by atoms with van der Waals surface area (Å²) < 4.78 is 40.3. The Morgan fingerprint density at radius 2 is 1.42 bits per heavy atom. The van der Waals surface area contributed by atoms with Gasteiger partial charge in [0, 0.05) is 44.9 Å². The molecule has 0 aromatic heterocycles. The Bertz CT molecular complexity index is 435. The van der Waals surface area contributed by atoms with Crippen LogP contribution in [0.25, 0.3) is 20.9 Å². The van der Waals surface area contributed by atoms with Gasteiger partial charge in [0.1, 0.15) is 0 Å². The second-order valence-electron chi connectivity index (χ2n) is 3.90. The third-order valence-electron chi connectivity index (χ3n) is 2.28. The third-order valence-corrected chi connectivity index (χ3v) is 5.96. The molecule has 1 N–H and O–H groups in total. The minimum absolute atomic E-state index is 0. The summed E-state index contributed by atoms with van der Waals surface area (Å²) in [6.07, 6.45) is 0.548. The van der Waals surface area contributed by atoms with Crippen LogP contribution in [0, 0.1) is 0 Å². The van der Waals surface area contributed by atoms with Gasteiger partial charge < -0.3 is 9.11 Å². The minimum atomic E-state index is -2.17. The van der Waals surface area contributed by atoms with Gasteiger partial charge in [0.05, 0.1) is 0 Å². The number of hydrogen-bond donors (Lipinski definition) is 1. The van der Waals surface area contributed by atoms with E-state index in [0.717, 1.165) is 0 Å². The fourth-order valence-corrected chi connectivity index (χ4v) is 4.65. The normalized spacial score (nSPS) is 14.6. The Kier molecular flexibility index (Phi) is 26.3. The fraction of sp³-hybridized carbons (Fsp3) is 1.00. The molecule has 0 aromatic rings. The first-order valence-electron chi connectivity index (χ1n) is 5.95. The summed E-state index contributed by atoms with van der Waals surface area (Å²) in [7, 11) is 2.75. The zero-order chi connectivity index (χ0) is 16.8. The van der Waals surface area contributed by atoms with E-state index < -0.39 is 34.2 Å². The van der Waals surface area contributed by atoms with Crippen molar-refractivity contribution in [3.63, 3.8) is 0 Å². The van der Waals surface area contributed by atoms with Crippen molar-refractivity contribution in [2.45, 2.75) is 24.9 Å². The first-order chi connectivity index (χ1) is 10.5. The summed E-state index contributed by atoms with van der Waals surface area (Å²) in [5.41, 5.74) is 16.8. The Balaban J connectivity index is -0.00000220. The van der Waals surface area contributed by atoms with Gasteiger partial charge in [0.2, 0.25) is 0 Å². The molecule has 0 spiro atoms. The molecule has 0 bridgehead atoms. The van der Waals surface area contributed by atoms with Gasteiger partial charge in [-0.25, -0.2) is 4.21 Å². The van der Waals surface area contributed by atoms with Crippen LogP contribution in [-0.4, -0.2) is 52.6 Å². The second kappa shape index (κ2) is 20.8. The fourth-order valence-electron chi connectivity index (χ4n) is 1.22. The van der Waals surface area contributed by atoms with Gasteiger partial charge in [0.15, 0.2) is 11.1 Å². The molecule has 2 unspecified atom stereocenters. The Morgan fingerprint density at radius 1 is 1.00 bits per heavy atom. The predicted octanol–water partition coefficient (Wildman–Crippen LogP) is -3.39. The van der Waals surface area contributed by atoms with Crippen LogP contribution in [-0.2, 0) is 22.2 Å². The van der Waals surface area contributed by atoms with Gasteiger partial charge in [-0.1, -0.05) is 42.9 Å². The molecule has 0 heterocycles. The van der Waals surface area contributed by atoms with Gasteiger partial charge >= 0.3 is 59.1 Å². The zero-order valence-corrected chi connectivity index (χ0v) is 20.7. The van der Waals surface area contributed by atoms with Crippen molar-refractivity contribution in [1.29, 1.82) is 0 Å². The average molecular weight is 433 g/mol. The predicted molar refractivity (Wildman–Crippen MR) is 89.4 cm³/mol. The van der Waals surface area contributed by atoms with Crippen molar-refractivity contribution in [1.82, 2.24) is 0 Å². The smallest absolute Gasteiger partial charge is 0.772 e. The Labute approximate surface area is 197 Å². The molecule has 0 fully saturated rings. The molecule has 0 radical (unpaired) electrons. The van der Waals surface area contributed by atoms with E-state index in [1.165, 1.54) is 21.6 Å². The standard InChI is InChI=1S/C8H16N6O4S4.2Na/c9-13-11-7(1-3-21(15)16)5-19-20-6-8(12-14-10)2-4-22(17)18;;/h7-8H,1-6H2,(H,15,16)(H,17,18);;/q;2*+1/p-1/t7-,8-;;/m0../s1. The molecule has 126 valence electrons. The second-order valence-corrected chi connectivity index (χ2v) is 8.52. The molecule has 0 aliphatic carbocycles. The summed E-state index contributed by atoms with van der Waals surface area (Å²) in [5.74, 6) is 0.841. The monoisotopic (exact) mass is 433 g/mol. The van der Waals surface area contributed by atoms with Crippen LogP contribution < -0.4 is 59.1 Å². The molecule has 0 aliphatic rings. The number of rotatable bonds is 13. The summed E-state index contributed by atoms with van der Waals surface area (Å²) in [6.45, 7) is 0. The molecule has 16 heteroatoms. The summed E-state index contributed by atoms with van der Waals surface area (Å²) in [4.78, 5) is 5.37. The van der Waals surface area contributed by atoms with Crippen LogP contribution in [0.15, 0.2) is 10.2 Å². The van der Waals surface area contributed by atoms with E-state index in [1.807, 2.05) is 0 Å². The van der Waals surface area contributed by atoms with Crippen molar-refractivity contribution in [2.75, 3.05) is 23.0 Å². The van der Waals surface area contributed by atoms with Crippen molar-refractivity contribution >= 4 is 43.7 Å². The molecular formula is C8H15N6Na2O4S4+. The SMILES string of the molecule is [N-]=[N+]=N[C@@H](CCS(=O)[O-])CSSC[C@H](CCS(=O)O)N=[N+]=[N-].[Na+].[Na+]. The number of azide groups is 2. The average Bonchev–Trinajstić information content (AvgIpc) is 2.46. The molecule has 0 aliphatic heterocycles. The first-order valence-corrected chi connectivity index (χ1v) is 11.0. The van der Waals surface area contributed by atoms with Crippen molar-refractivity contribution < 1.29 is 76.6 Å². The van der Waals surface area contributed by atoms with Gasteiger partial charge in [-0.2, -0.15) is 0 Å². The van der Waals surface area contributed by atoms with E-state index in [2.05, 4.69) is 20.1 Å². The van der Waals surface area contributed by atoms with Crippen molar-refractivity contribution in [3.8, 4) is 0 Å². The van der Waals surface area contributed by atoms with E-state index in [0.29, 0.717) is 17.9 Å². The summed E-state index contributed by atoms with van der Waals surface area (Å²) >= 11 is -4.10. The van der Waals surface area contributed by atoms with E-state index in [9.17, 15) is 13.0 Å². The maximum absolute atomic E-state index is 10.6. The quantitative estimate of drug-likeness (QED) is 0.0602. The zero-order valence-electron chi connectivity index (χ0n) is 13.4. The molecule has 0 amide bonds. The van der Waals surface area contributed by atoms with Gasteiger partial charge in [0.25, 0.3) is 0 Å². The van der Waals surface area contributed by atoms with Crippen molar-refractivity contribution in [3.05, 3.63) is 20.9 Å². The van der Waals surface area contributed by atoms with E-state index in [1.54, 1.807) is 0 Å².